The lowest BCUT2D eigenvalue weighted by molar-refractivity contribution is -0.136. The fourth-order valence-corrected chi connectivity index (χ4v) is 2.38. The lowest BCUT2D eigenvalue weighted by atomic mass is 10.1. The minimum Gasteiger partial charge on any atom is -0.487 e. The van der Waals surface area contributed by atoms with E-state index in [4.69, 9.17) is 9.84 Å². The van der Waals surface area contributed by atoms with Gasteiger partial charge in [0.05, 0.1) is 5.69 Å². The highest BCUT2D eigenvalue weighted by Crippen LogP contribution is 2.18. The maximum absolute atomic E-state index is 10.5. The summed E-state index contributed by atoms with van der Waals surface area (Å²) in [7, 11) is 0. The van der Waals surface area contributed by atoms with Crippen molar-refractivity contribution in [3.05, 3.63) is 65.9 Å². The van der Waals surface area contributed by atoms with Gasteiger partial charge < -0.3 is 14.8 Å². The topological polar surface area (TPSA) is 62.3 Å². The van der Waals surface area contributed by atoms with E-state index < -0.39 is 5.97 Å². The standard InChI is InChI=1S/C18H17NO3/c20-18(21)10-7-13-5-8-16(9-6-13)22-12-15-11-14-3-1-2-4-17(14)19-15/h1-6,8-9,11,19H,7,10,12H2,(H,20,21). The number of aryl methyl sites for hydroxylation is 1. The molecular formula is C18H17NO3. The molecule has 3 aromatic rings. The number of benzene rings is 2. The first kappa shape index (κ1) is 14.2. The van der Waals surface area contributed by atoms with E-state index >= 15 is 0 Å². The van der Waals surface area contributed by atoms with Gasteiger partial charge in [0.1, 0.15) is 12.4 Å². The Balaban J connectivity index is 1.60. The molecule has 4 heteroatoms. The van der Waals surface area contributed by atoms with Crippen molar-refractivity contribution in [3.8, 4) is 5.75 Å². The van der Waals surface area contributed by atoms with Crippen LogP contribution in [0.1, 0.15) is 17.7 Å². The molecule has 22 heavy (non-hydrogen) atoms. The second-order valence-electron chi connectivity index (χ2n) is 5.21. The van der Waals surface area contributed by atoms with Gasteiger partial charge >= 0.3 is 5.97 Å². The second-order valence-corrected chi connectivity index (χ2v) is 5.21. The fraction of sp³-hybridized carbons (Fsp3) is 0.167. The molecule has 4 nitrogen and oxygen atoms in total. The van der Waals surface area contributed by atoms with Crippen molar-refractivity contribution >= 4 is 16.9 Å². The van der Waals surface area contributed by atoms with Gasteiger partial charge in [-0.3, -0.25) is 4.79 Å². The van der Waals surface area contributed by atoms with E-state index in [1.54, 1.807) is 0 Å². The van der Waals surface area contributed by atoms with Crippen LogP contribution in [0.3, 0.4) is 0 Å². The number of rotatable bonds is 6. The van der Waals surface area contributed by atoms with Crippen LogP contribution in [0.15, 0.2) is 54.6 Å². The first-order valence-corrected chi connectivity index (χ1v) is 7.21. The summed E-state index contributed by atoms with van der Waals surface area (Å²) in [5.41, 5.74) is 3.13. The number of carboxylic acid groups (broad SMARTS) is 1. The number of hydrogen-bond donors (Lipinski definition) is 2. The zero-order chi connectivity index (χ0) is 15.4. The summed E-state index contributed by atoms with van der Waals surface area (Å²) in [6.45, 7) is 0.475. The molecule has 0 aliphatic rings. The monoisotopic (exact) mass is 295 g/mol. The van der Waals surface area contributed by atoms with Gasteiger partial charge in [0.25, 0.3) is 0 Å². The number of carbonyl (C=O) groups is 1. The van der Waals surface area contributed by atoms with Gasteiger partial charge in [0, 0.05) is 11.9 Å². The normalized spacial score (nSPS) is 10.7. The van der Waals surface area contributed by atoms with Gasteiger partial charge in [-0.1, -0.05) is 30.3 Å². The Morgan fingerprint density at radius 3 is 2.59 bits per heavy atom. The average molecular weight is 295 g/mol. The SMILES string of the molecule is O=C(O)CCc1ccc(OCc2cc3ccccc3[nH]2)cc1. The number of aromatic nitrogens is 1. The van der Waals surface area contributed by atoms with E-state index in [1.165, 1.54) is 5.39 Å². The Hall–Kier alpha value is -2.75. The van der Waals surface area contributed by atoms with E-state index in [9.17, 15) is 4.79 Å². The molecule has 1 aromatic heterocycles. The molecule has 0 spiro atoms. The van der Waals surface area contributed by atoms with Crippen LogP contribution in [-0.2, 0) is 17.8 Å². The third-order valence-electron chi connectivity index (χ3n) is 3.53. The van der Waals surface area contributed by atoms with Crippen molar-refractivity contribution in [1.29, 1.82) is 0 Å². The van der Waals surface area contributed by atoms with E-state index in [-0.39, 0.29) is 6.42 Å². The average Bonchev–Trinajstić information content (AvgIpc) is 2.95. The van der Waals surface area contributed by atoms with Crippen LogP contribution >= 0.6 is 0 Å². The van der Waals surface area contributed by atoms with E-state index in [0.29, 0.717) is 13.0 Å². The highest BCUT2D eigenvalue weighted by atomic mass is 16.5. The Bertz CT molecular complexity index is 741. The van der Waals surface area contributed by atoms with Crippen LogP contribution in [0.2, 0.25) is 0 Å². The van der Waals surface area contributed by atoms with Crippen LogP contribution < -0.4 is 4.74 Å². The fourth-order valence-electron chi connectivity index (χ4n) is 2.38. The number of H-pyrrole nitrogens is 1. The molecule has 0 radical (unpaired) electrons. The van der Waals surface area contributed by atoms with Gasteiger partial charge in [0.15, 0.2) is 0 Å². The van der Waals surface area contributed by atoms with Crippen LogP contribution in [-0.4, -0.2) is 16.1 Å². The van der Waals surface area contributed by atoms with Crippen molar-refractivity contribution in [2.24, 2.45) is 0 Å². The number of aliphatic carboxylic acids is 1. The molecule has 0 amide bonds. The maximum atomic E-state index is 10.5. The van der Waals surface area contributed by atoms with Crippen LogP contribution in [0, 0.1) is 0 Å². The maximum Gasteiger partial charge on any atom is 0.303 e. The molecule has 112 valence electrons. The molecule has 0 atom stereocenters. The van der Waals surface area contributed by atoms with Gasteiger partial charge in [-0.2, -0.15) is 0 Å². The lowest BCUT2D eigenvalue weighted by Gasteiger charge is -2.06. The number of nitrogens with one attached hydrogen (secondary N) is 1. The predicted molar refractivity (Wildman–Crippen MR) is 85.0 cm³/mol. The molecule has 0 fully saturated rings. The Kier molecular flexibility index (Phi) is 4.10. The third kappa shape index (κ3) is 3.47. The van der Waals surface area contributed by atoms with Crippen molar-refractivity contribution in [2.75, 3.05) is 0 Å². The number of hydrogen-bond acceptors (Lipinski definition) is 2. The largest absolute Gasteiger partial charge is 0.487 e. The van der Waals surface area contributed by atoms with Crippen LogP contribution in [0.4, 0.5) is 0 Å². The molecule has 0 unspecified atom stereocenters. The molecule has 0 bridgehead atoms. The summed E-state index contributed by atoms with van der Waals surface area (Å²) >= 11 is 0. The van der Waals surface area contributed by atoms with Crippen molar-refractivity contribution < 1.29 is 14.6 Å². The highest BCUT2D eigenvalue weighted by molar-refractivity contribution is 5.80. The summed E-state index contributed by atoms with van der Waals surface area (Å²) in [6.07, 6.45) is 0.687. The number of aromatic amines is 1. The highest BCUT2D eigenvalue weighted by Gasteiger charge is 2.02. The summed E-state index contributed by atoms with van der Waals surface area (Å²) in [4.78, 5) is 13.9. The van der Waals surface area contributed by atoms with Crippen LogP contribution in [0.25, 0.3) is 10.9 Å². The van der Waals surface area contributed by atoms with E-state index in [2.05, 4.69) is 17.1 Å². The Morgan fingerprint density at radius 2 is 1.86 bits per heavy atom. The van der Waals surface area contributed by atoms with E-state index in [0.717, 1.165) is 22.5 Å². The minimum atomic E-state index is -0.779. The number of para-hydroxylation sites is 1. The zero-order valence-corrected chi connectivity index (χ0v) is 12.1. The second kappa shape index (κ2) is 6.35. The van der Waals surface area contributed by atoms with Crippen molar-refractivity contribution in [2.45, 2.75) is 19.4 Å². The quantitative estimate of drug-likeness (QED) is 0.727. The van der Waals surface area contributed by atoms with Gasteiger partial charge in [-0.15, -0.1) is 0 Å². The molecule has 3 rings (SSSR count). The minimum absolute atomic E-state index is 0.148. The Morgan fingerprint density at radius 1 is 1.09 bits per heavy atom. The van der Waals surface area contributed by atoms with E-state index in [1.807, 2.05) is 42.5 Å². The molecule has 0 aliphatic heterocycles. The van der Waals surface area contributed by atoms with Crippen LogP contribution in [0.5, 0.6) is 5.75 Å². The van der Waals surface area contributed by atoms with Gasteiger partial charge in [0.2, 0.25) is 0 Å². The molecule has 0 aliphatic carbocycles. The molecule has 1 heterocycles. The number of ether oxygens (including phenoxy) is 1. The first-order valence-electron chi connectivity index (χ1n) is 7.21. The molecule has 0 saturated carbocycles. The summed E-state index contributed by atoms with van der Waals surface area (Å²) < 4.78 is 5.75. The van der Waals surface area contributed by atoms with Crippen molar-refractivity contribution in [3.63, 3.8) is 0 Å². The summed E-state index contributed by atoms with van der Waals surface area (Å²) in [5.74, 6) is -0.00290. The summed E-state index contributed by atoms with van der Waals surface area (Å²) in [5, 5.41) is 9.84. The van der Waals surface area contributed by atoms with Gasteiger partial charge in [-0.25, -0.2) is 0 Å². The molecule has 2 aromatic carbocycles. The molecule has 2 N–H and O–H groups in total. The zero-order valence-electron chi connectivity index (χ0n) is 12.1. The number of fused-ring (bicyclic) bond motifs is 1. The third-order valence-corrected chi connectivity index (χ3v) is 3.53. The molecule has 0 saturated heterocycles. The smallest absolute Gasteiger partial charge is 0.303 e. The Labute approximate surface area is 128 Å². The molecular weight excluding hydrogens is 278 g/mol. The van der Waals surface area contributed by atoms with Gasteiger partial charge in [-0.05, 0) is 41.6 Å². The van der Waals surface area contributed by atoms with Crippen molar-refractivity contribution in [1.82, 2.24) is 4.98 Å². The lowest BCUT2D eigenvalue weighted by Crippen LogP contribution is -1.98. The summed E-state index contributed by atoms with van der Waals surface area (Å²) in [6, 6.07) is 17.8. The first-order chi connectivity index (χ1) is 10.7. The number of carboxylic acids is 1. The predicted octanol–water partition coefficient (Wildman–Crippen LogP) is 3.76.